The molecule has 0 spiro atoms. The third-order valence-corrected chi connectivity index (χ3v) is 2.06. The topological polar surface area (TPSA) is 71.8 Å². The molecule has 1 aromatic heterocycles. The van der Waals surface area contributed by atoms with Gasteiger partial charge in [0.1, 0.15) is 4.99 Å². The second-order valence-corrected chi connectivity index (χ2v) is 4.55. The Kier molecular flexibility index (Phi) is 2.71. The molecule has 4 nitrogen and oxygen atoms in total. The Balaban J connectivity index is 3.34. The fourth-order valence-corrected chi connectivity index (χ4v) is 1.12. The van der Waals surface area contributed by atoms with Gasteiger partial charge in [-0.1, -0.05) is 33.0 Å². The van der Waals surface area contributed by atoms with Crippen molar-refractivity contribution in [2.75, 3.05) is 0 Å². The van der Waals surface area contributed by atoms with E-state index in [0.717, 1.165) is 5.69 Å². The molecule has 0 radical (unpaired) electrons. The predicted molar refractivity (Wildman–Crippen MR) is 59.4 cm³/mol. The van der Waals surface area contributed by atoms with Gasteiger partial charge in [0.15, 0.2) is 0 Å². The van der Waals surface area contributed by atoms with Crippen LogP contribution in [0.4, 0.5) is 0 Å². The average molecular weight is 211 g/mol. The Hall–Kier alpha value is -1.23. The zero-order chi connectivity index (χ0) is 10.9. The van der Waals surface area contributed by atoms with E-state index in [4.69, 9.17) is 18.0 Å². The number of nitrogens with one attached hydrogen (secondary N) is 1. The smallest absolute Gasteiger partial charge is 0.274 e. The number of aromatic amines is 1. The van der Waals surface area contributed by atoms with Crippen molar-refractivity contribution in [2.45, 2.75) is 26.2 Å². The third-order valence-electron chi connectivity index (χ3n) is 1.84. The molecule has 0 saturated carbocycles. The van der Waals surface area contributed by atoms with Gasteiger partial charge in [-0.25, -0.2) is 5.10 Å². The summed E-state index contributed by atoms with van der Waals surface area (Å²) in [7, 11) is 0. The molecule has 76 valence electrons. The molecule has 0 aliphatic heterocycles. The highest BCUT2D eigenvalue weighted by Crippen LogP contribution is 2.18. The molecule has 0 atom stereocenters. The van der Waals surface area contributed by atoms with E-state index in [1.807, 2.05) is 20.8 Å². The quantitative estimate of drug-likeness (QED) is 0.671. The molecule has 0 saturated heterocycles. The molecule has 0 fully saturated rings. The van der Waals surface area contributed by atoms with Gasteiger partial charge in [0.25, 0.3) is 5.56 Å². The molecule has 0 aromatic carbocycles. The summed E-state index contributed by atoms with van der Waals surface area (Å²) < 4.78 is 0. The summed E-state index contributed by atoms with van der Waals surface area (Å²) in [5.74, 6) is 0. The first-order valence-electron chi connectivity index (χ1n) is 4.22. The standard InChI is InChI=1S/C9H13N3OS/c1-9(2,3)6-4-5(7(10)14)8(13)12-11-6/h4H,1-3H3,(H2,10,14)(H,12,13). The number of hydrogen-bond donors (Lipinski definition) is 2. The number of hydrogen-bond acceptors (Lipinski definition) is 3. The third kappa shape index (κ3) is 2.17. The maximum atomic E-state index is 11.3. The van der Waals surface area contributed by atoms with E-state index < -0.39 is 0 Å². The van der Waals surface area contributed by atoms with Crippen molar-refractivity contribution in [2.24, 2.45) is 5.73 Å². The lowest BCUT2D eigenvalue weighted by atomic mass is 9.91. The lowest BCUT2D eigenvalue weighted by molar-refractivity contribution is 0.556. The van der Waals surface area contributed by atoms with E-state index in [2.05, 4.69) is 10.2 Å². The van der Waals surface area contributed by atoms with Crippen molar-refractivity contribution < 1.29 is 0 Å². The maximum Gasteiger partial charge on any atom is 0.274 e. The predicted octanol–water partition coefficient (Wildman–Crippen LogP) is 0.702. The van der Waals surface area contributed by atoms with E-state index in [1.165, 1.54) is 0 Å². The summed E-state index contributed by atoms with van der Waals surface area (Å²) in [6.45, 7) is 5.99. The first-order chi connectivity index (χ1) is 6.32. The van der Waals surface area contributed by atoms with E-state index in [-0.39, 0.29) is 16.0 Å². The highest BCUT2D eigenvalue weighted by molar-refractivity contribution is 7.80. The van der Waals surface area contributed by atoms with Crippen molar-refractivity contribution in [3.05, 3.63) is 27.7 Å². The fraction of sp³-hybridized carbons (Fsp3) is 0.444. The molecule has 1 aromatic rings. The largest absolute Gasteiger partial charge is 0.389 e. The van der Waals surface area contributed by atoms with Crippen molar-refractivity contribution in [1.29, 1.82) is 0 Å². The first-order valence-corrected chi connectivity index (χ1v) is 4.63. The van der Waals surface area contributed by atoms with Crippen LogP contribution >= 0.6 is 12.2 Å². The summed E-state index contributed by atoms with van der Waals surface area (Å²) in [6.07, 6.45) is 0. The van der Waals surface area contributed by atoms with Crippen LogP contribution in [0.3, 0.4) is 0 Å². The number of thiocarbonyl (C=S) groups is 1. The normalized spacial score (nSPS) is 11.4. The second kappa shape index (κ2) is 3.49. The highest BCUT2D eigenvalue weighted by Gasteiger charge is 2.17. The highest BCUT2D eigenvalue weighted by atomic mass is 32.1. The van der Waals surface area contributed by atoms with Gasteiger partial charge in [-0.2, -0.15) is 5.10 Å². The Morgan fingerprint density at radius 1 is 1.57 bits per heavy atom. The van der Waals surface area contributed by atoms with Crippen LogP contribution in [0.25, 0.3) is 0 Å². The van der Waals surface area contributed by atoms with Crippen molar-refractivity contribution in [3.63, 3.8) is 0 Å². The van der Waals surface area contributed by atoms with Gasteiger partial charge in [0.2, 0.25) is 0 Å². The molecule has 3 N–H and O–H groups in total. The summed E-state index contributed by atoms with van der Waals surface area (Å²) in [4.78, 5) is 11.4. The lowest BCUT2D eigenvalue weighted by Crippen LogP contribution is -2.27. The van der Waals surface area contributed by atoms with Crippen LogP contribution in [0.5, 0.6) is 0 Å². The van der Waals surface area contributed by atoms with E-state index in [9.17, 15) is 4.79 Å². The molecular weight excluding hydrogens is 198 g/mol. The van der Waals surface area contributed by atoms with Gasteiger partial charge >= 0.3 is 0 Å². The van der Waals surface area contributed by atoms with Crippen LogP contribution in [0.15, 0.2) is 10.9 Å². The summed E-state index contributed by atoms with van der Waals surface area (Å²) in [5, 5.41) is 6.32. The minimum absolute atomic E-state index is 0.0964. The van der Waals surface area contributed by atoms with Crippen molar-refractivity contribution >= 4 is 17.2 Å². The van der Waals surface area contributed by atoms with Crippen LogP contribution < -0.4 is 11.3 Å². The van der Waals surface area contributed by atoms with E-state index in [1.54, 1.807) is 6.07 Å². The minimum Gasteiger partial charge on any atom is -0.389 e. The van der Waals surface area contributed by atoms with E-state index >= 15 is 0 Å². The van der Waals surface area contributed by atoms with Crippen molar-refractivity contribution in [3.8, 4) is 0 Å². The Labute approximate surface area is 87.5 Å². The zero-order valence-electron chi connectivity index (χ0n) is 8.42. The minimum atomic E-state index is -0.342. The molecule has 0 aliphatic carbocycles. The van der Waals surface area contributed by atoms with E-state index in [0.29, 0.717) is 5.56 Å². The van der Waals surface area contributed by atoms with Crippen LogP contribution in [0.2, 0.25) is 0 Å². The molecule has 0 aliphatic rings. The maximum absolute atomic E-state index is 11.3. The molecule has 1 heterocycles. The molecule has 0 amide bonds. The van der Waals surface area contributed by atoms with Crippen LogP contribution in [-0.2, 0) is 5.41 Å². The number of nitrogens with two attached hydrogens (primary N) is 1. The molecule has 14 heavy (non-hydrogen) atoms. The van der Waals surface area contributed by atoms with Gasteiger partial charge in [0.05, 0.1) is 11.3 Å². The zero-order valence-corrected chi connectivity index (χ0v) is 9.23. The molecule has 5 heteroatoms. The Bertz CT molecular complexity index is 417. The number of nitrogens with zero attached hydrogens (tertiary/aromatic N) is 1. The first kappa shape index (κ1) is 10.8. The van der Waals surface area contributed by atoms with Gasteiger partial charge in [-0.05, 0) is 6.07 Å². The SMILES string of the molecule is CC(C)(C)c1cc(C(N)=S)c(=O)[nH]n1. The van der Waals surface area contributed by atoms with Crippen LogP contribution in [0.1, 0.15) is 32.0 Å². The second-order valence-electron chi connectivity index (χ2n) is 4.11. The average Bonchev–Trinajstić information content (AvgIpc) is 2.02. The van der Waals surface area contributed by atoms with Gasteiger partial charge in [-0.3, -0.25) is 4.79 Å². The summed E-state index contributed by atoms with van der Waals surface area (Å²) in [6, 6.07) is 1.64. The molecule has 0 bridgehead atoms. The van der Waals surface area contributed by atoms with Gasteiger partial charge in [-0.15, -0.1) is 0 Å². The van der Waals surface area contributed by atoms with Crippen LogP contribution in [0, 0.1) is 0 Å². The lowest BCUT2D eigenvalue weighted by Gasteiger charge is -2.17. The Morgan fingerprint density at radius 3 is 2.57 bits per heavy atom. The van der Waals surface area contributed by atoms with Gasteiger partial charge in [0, 0.05) is 5.41 Å². The Morgan fingerprint density at radius 2 is 2.14 bits per heavy atom. The number of rotatable bonds is 1. The van der Waals surface area contributed by atoms with Crippen molar-refractivity contribution in [1.82, 2.24) is 10.2 Å². The number of H-pyrrole nitrogens is 1. The molecule has 1 rings (SSSR count). The summed E-state index contributed by atoms with van der Waals surface area (Å²) >= 11 is 4.76. The molecular formula is C9H13N3OS. The van der Waals surface area contributed by atoms with Gasteiger partial charge < -0.3 is 5.73 Å². The monoisotopic (exact) mass is 211 g/mol. The molecule has 0 unspecified atom stereocenters. The number of aromatic nitrogens is 2. The fourth-order valence-electron chi connectivity index (χ4n) is 0.973. The van der Waals surface area contributed by atoms with Crippen LogP contribution in [-0.4, -0.2) is 15.2 Å². The summed E-state index contributed by atoms with van der Waals surface area (Å²) in [5.41, 5.74) is 6.02.